The van der Waals surface area contributed by atoms with Crippen LogP contribution in [0.4, 0.5) is 0 Å². The molecule has 1 fully saturated rings. The van der Waals surface area contributed by atoms with E-state index in [0.29, 0.717) is 6.54 Å². The maximum Gasteiger partial charge on any atom is 0.0659 e. The Balaban J connectivity index is 0.000001000. The minimum atomic E-state index is -0.396. The lowest BCUT2D eigenvalue weighted by atomic mass is 9.83. The van der Waals surface area contributed by atoms with E-state index in [9.17, 15) is 5.11 Å². The lowest BCUT2D eigenvalue weighted by Crippen LogP contribution is -2.33. The molecule has 0 saturated heterocycles. The van der Waals surface area contributed by atoms with Gasteiger partial charge >= 0.3 is 0 Å². The van der Waals surface area contributed by atoms with Crippen LogP contribution in [0, 0.1) is 0 Å². The number of nitrogens with two attached hydrogens (primary N) is 1. The molecule has 0 spiro atoms. The molecule has 0 heterocycles. The topological polar surface area (TPSA) is 46.2 Å². The molecule has 3 N–H and O–H groups in total. The van der Waals surface area contributed by atoms with Crippen molar-refractivity contribution in [1.29, 1.82) is 0 Å². The third-order valence-corrected chi connectivity index (χ3v) is 2.39. The number of rotatable bonds is 2. The number of hydrogen-bond donors (Lipinski definition) is 2. The lowest BCUT2D eigenvalue weighted by molar-refractivity contribution is -0.00141. The molecule has 0 unspecified atom stereocenters. The Hall–Kier alpha value is 0.210. The highest BCUT2D eigenvalue weighted by molar-refractivity contribution is 5.85. The summed E-state index contributed by atoms with van der Waals surface area (Å²) in [7, 11) is 0. The van der Waals surface area contributed by atoms with E-state index in [1.165, 1.54) is 19.3 Å². The van der Waals surface area contributed by atoms with Crippen LogP contribution in [0.5, 0.6) is 0 Å². The van der Waals surface area contributed by atoms with Gasteiger partial charge in [-0.25, -0.2) is 0 Å². The van der Waals surface area contributed by atoms with Gasteiger partial charge in [-0.2, -0.15) is 0 Å². The Morgan fingerprint density at radius 1 is 1.18 bits per heavy atom. The first-order valence-corrected chi connectivity index (χ1v) is 4.19. The second-order valence-electron chi connectivity index (χ2n) is 3.32. The summed E-state index contributed by atoms with van der Waals surface area (Å²) in [5, 5.41) is 9.79. The van der Waals surface area contributed by atoms with E-state index in [1.54, 1.807) is 0 Å². The molecule has 1 saturated carbocycles. The van der Waals surface area contributed by atoms with Crippen molar-refractivity contribution >= 4 is 12.4 Å². The third-order valence-electron chi connectivity index (χ3n) is 2.39. The minimum absolute atomic E-state index is 0. The van der Waals surface area contributed by atoms with Crippen LogP contribution in [0.2, 0.25) is 0 Å². The fraction of sp³-hybridized carbons (Fsp3) is 1.00. The summed E-state index contributed by atoms with van der Waals surface area (Å²) in [6, 6.07) is 0. The second-order valence-corrected chi connectivity index (χ2v) is 3.32. The monoisotopic (exact) mass is 179 g/mol. The van der Waals surface area contributed by atoms with Crippen LogP contribution >= 0.6 is 12.4 Å². The average molecular weight is 180 g/mol. The molecule has 3 heteroatoms. The SMILES string of the molecule is Cl.NCCC1(O)CCCCC1. The van der Waals surface area contributed by atoms with Crippen molar-refractivity contribution in [2.45, 2.75) is 44.1 Å². The molecule has 1 aliphatic rings. The fourth-order valence-electron chi connectivity index (χ4n) is 1.73. The molecule has 0 aliphatic heterocycles. The van der Waals surface area contributed by atoms with Gasteiger partial charge in [0.2, 0.25) is 0 Å². The van der Waals surface area contributed by atoms with Crippen molar-refractivity contribution in [3.8, 4) is 0 Å². The molecule has 0 amide bonds. The highest BCUT2D eigenvalue weighted by atomic mass is 35.5. The quantitative estimate of drug-likeness (QED) is 0.674. The van der Waals surface area contributed by atoms with Gasteiger partial charge in [0.1, 0.15) is 0 Å². The summed E-state index contributed by atoms with van der Waals surface area (Å²) in [6.07, 6.45) is 6.35. The van der Waals surface area contributed by atoms with Gasteiger partial charge in [0, 0.05) is 0 Å². The van der Waals surface area contributed by atoms with E-state index in [0.717, 1.165) is 19.3 Å². The molecular weight excluding hydrogens is 162 g/mol. The van der Waals surface area contributed by atoms with Gasteiger partial charge in [-0.05, 0) is 25.8 Å². The Morgan fingerprint density at radius 3 is 2.18 bits per heavy atom. The maximum absolute atomic E-state index is 9.79. The van der Waals surface area contributed by atoms with Gasteiger partial charge in [0.05, 0.1) is 5.60 Å². The Morgan fingerprint density at radius 2 is 1.73 bits per heavy atom. The molecule has 0 bridgehead atoms. The molecule has 0 radical (unpaired) electrons. The van der Waals surface area contributed by atoms with Crippen LogP contribution in [0.1, 0.15) is 38.5 Å². The van der Waals surface area contributed by atoms with Gasteiger partial charge in [-0.1, -0.05) is 19.3 Å². The van der Waals surface area contributed by atoms with Crippen molar-refractivity contribution in [2.75, 3.05) is 6.54 Å². The van der Waals surface area contributed by atoms with Gasteiger partial charge < -0.3 is 10.8 Å². The second kappa shape index (κ2) is 4.96. The maximum atomic E-state index is 9.79. The molecule has 1 rings (SSSR count). The lowest BCUT2D eigenvalue weighted by Gasteiger charge is -2.31. The minimum Gasteiger partial charge on any atom is -0.390 e. The molecule has 0 aromatic carbocycles. The number of aliphatic hydroxyl groups is 1. The van der Waals surface area contributed by atoms with E-state index in [1.807, 2.05) is 0 Å². The van der Waals surface area contributed by atoms with E-state index >= 15 is 0 Å². The van der Waals surface area contributed by atoms with Gasteiger partial charge in [0.15, 0.2) is 0 Å². The zero-order valence-electron chi connectivity index (χ0n) is 6.88. The average Bonchev–Trinajstić information content (AvgIpc) is 1.89. The summed E-state index contributed by atoms with van der Waals surface area (Å²) in [6.45, 7) is 0.622. The zero-order valence-corrected chi connectivity index (χ0v) is 7.70. The summed E-state index contributed by atoms with van der Waals surface area (Å²) in [5.74, 6) is 0. The Kier molecular flexibility index (Phi) is 5.06. The highest BCUT2D eigenvalue weighted by Crippen LogP contribution is 2.29. The van der Waals surface area contributed by atoms with Gasteiger partial charge in [-0.3, -0.25) is 0 Å². The predicted molar refractivity (Wildman–Crippen MR) is 49.0 cm³/mol. The molecule has 11 heavy (non-hydrogen) atoms. The summed E-state index contributed by atoms with van der Waals surface area (Å²) >= 11 is 0. The van der Waals surface area contributed by atoms with Crippen LogP contribution in [0.25, 0.3) is 0 Å². The normalized spacial score (nSPS) is 22.4. The first-order valence-electron chi connectivity index (χ1n) is 4.19. The molecule has 0 aromatic rings. The van der Waals surface area contributed by atoms with Gasteiger partial charge in [0.25, 0.3) is 0 Å². The fourth-order valence-corrected chi connectivity index (χ4v) is 1.73. The van der Waals surface area contributed by atoms with E-state index in [4.69, 9.17) is 5.73 Å². The van der Waals surface area contributed by atoms with Crippen LogP contribution < -0.4 is 5.73 Å². The van der Waals surface area contributed by atoms with E-state index in [2.05, 4.69) is 0 Å². The Labute approximate surface area is 74.6 Å². The predicted octanol–water partition coefficient (Wildman–Crippen LogP) is 1.45. The first-order chi connectivity index (χ1) is 4.77. The molecule has 0 aromatic heterocycles. The smallest absolute Gasteiger partial charge is 0.0659 e. The summed E-state index contributed by atoms with van der Waals surface area (Å²) < 4.78 is 0. The van der Waals surface area contributed by atoms with Crippen molar-refractivity contribution in [2.24, 2.45) is 5.73 Å². The first kappa shape index (κ1) is 11.2. The standard InChI is InChI=1S/C8H17NO.ClH/c9-7-6-8(10)4-2-1-3-5-8;/h10H,1-7,9H2;1H. The molecule has 1 aliphatic carbocycles. The number of hydrogen-bond acceptors (Lipinski definition) is 2. The van der Waals surface area contributed by atoms with Crippen LogP contribution in [-0.4, -0.2) is 17.3 Å². The summed E-state index contributed by atoms with van der Waals surface area (Å²) in [5.41, 5.74) is 4.99. The van der Waals surface area contributed by atoms with Crippen molar-refractivity contribution < 1.29 is 5.11 Å². The van der Waals surface area contributed by atoms with Crippen LogP contribution in [-0.2, 0) is 0 Å². The summed E-state index contributed by atoms with van der Waals surface area (Å²) in [4.78, 5) is 0. The van der Waals surface area contributed by atoms with Crippen molar-refractivity contribution in [3.05, 3.63) is 0 Å². The highest BCUT2D eigenvalue weighted by Gasteiger charge is 2.27. The van der Waals surface area contributed by atoms with Crippen LogP contribution in [0.3, 0.4) is 0 Å². The Bertz CT molecular complexity index is 96.8. The van der Waals surface area contributed by atoms with E-state index < -0.39 is 5.60 Å². The van der Waals surface area contributed by atoms with Crippen molar-refractivity contribution in [3.63, 3.8) is 0 Å². The van der Waals surface area contributed by atoms with Gasteiger partial charge in [-0.15, -0.1) is 12.4 Å². The molecule has 68 valence electrons. The van der Waals surface area contributed by atoms with Crippen molar-refractivity contribution in [1.82, 2.24) is 0 Å². The molecule has 2 nitrogen and oxygen atoms in total. The van der Waals surface area contributed by atoms with E-state index in [-0.39, 0.29) is 12.4 Å². The number of halogens is 1. The third kappa shape index (κ3) is 3.41. The van der Waals surface area contributed by atoms with Crippen LogP contribution in [0.15, 0.2) is 0 Å². The zero-order chi connectivity index (χ0) is 7.45. The molecular formula is C8H18ClNO. The molecule has 0 atom stereocenters. The largest absolute Gasteiger partial charge is 0.390 e.